The molecule has 2 aromatic heterocycles. The van der Waals surface area contributed by atoms with Crippen LogP contribution in [-0.4, -0.2) is 11.3 Å². The first-order chi connectivity index (χ1) is 35.0. The van der Waals surface area contributed by atoms with E-state index < -0.39 is 0 Å². The molecule has 0 saturated heterocycles. The minimum Gasteiger partial charge on any atom is -0.456 e. The van der Waals surface area contributed by atoms with E-state index in [1.54, 1.807) is 0 Å². The monoisotopic (exact) mass is 966 g/mol. The number of fused-ring (bicyclic) bond motifs is 12. The van der Waals surface area contributed by atoms with Gasteiger partial charge in [0.15, 0.2) is 0 Å². The summed E-state index contributed by atoms with van der Waals surface area (Å²) in [5.74, 6) is 0. The lowest BCUT2D eigenvalue weighted by atomic mass is 9.33. The van der Waals surface area contributed by atoms with E-state index in [1.807, 2.05) is 0 Å². The molecule has 5 heteroatoms. The lowest BCUT2D eigenvalue weighted by Gasteiger charge is -2.42. The Balaban J connectivity index is 1.22. The molecule has 0 fully saturated rings. The number of benzene rings is 8. The molecule has 0 saturated carbocycles. The molecule has 0 spiro atoms. The summed E-state index contributed by atoms with van der Waals surface area (Å²) in [4.78, 5) is 5.13. The first-order valence-electron chi connectivity index (χ1n) is 26.9. The zero-order valence-electron chi connectivity index (χ0n) is 45.8. The van der Waals surface area contributed by atoms with Crippen LogP contribution in [-0.2, 0) is 27.1 Å². The highest BCUT2D eigenvalue weighted by Gasteiger charge is 2.48. The predicted molar refractivity (Wildman–Crippen MR) is 317 cm³/mol. The second-order valence-corrected chi connectivity index (χ2v) is 26.3. The number of hydrogen-bond donors (Lipinski definition) is 0. The van der Waals surface area contributed by atoms with E-state index >= 15 is 0 Å². The van der Waals surface area contributed by atoms with E-state index in [1.165, 1.54) is 89.0 Å². The second-order valence-electron chi connectivity index (χ2n) is 26.3. The summed E-state index contributed by atoms with van der Waals surface area (Å²) < 4.78 is 9.45. The van der Waals surface area contributed by atoms with E-state index in [0.717, 1.165) is 44.7 Å². The Morgan fingerprint density at radius 3 is 1.69 bits per heavy atom. The van der Waals surface area contributed by atoms with Gasteiger partial charge in [-0.1, -0.05) is 188 Å². The molecule has 2 aliphatic heterocycles. The number of aromatic nitrogens is 1. The SMILES string of the molecule is CC(C)(C)c1ccc(N(c2ccc(C(C)(C)C)cc2)c2cc3c4c(c2)-n2c5c(c6cc(C(C)(C)C)cc(c62)B4c2ccc(C(C)(C)C)cc2N3c2cccc3oc4ccccc4c23)C(C)(C)c2ccccc2-5)cc1. The standard InChI is InChI=1S/C69H68BN3O/c1-65(2,3)41-26-31-45(32-27-41)71(46-33-28-42(29-34-46)66(4,5)6)47-39-56-62-57(40-47)73-63-50(61-64(73)48-20-15-17-22-51(48)69(61,13)14)36-44(68(10,11)12)37-53(63)70(62)52-35-30-43(67(7,8)9)38-55(52)72(56)54-23-19-25-59-60(54)49-21-16-18-24-58(49)74-59/h15-40H,1-14H3. The molecule has 74 heavy (non-hydrogen) atoms. The largest absolute Gasteiger partial charge is 0.456 e. The average Bonchev–Trinajstić information content (AvgIpc) is 4.05. The first-order valence-corrected chi connectivity index (χ1v) is 26.9. The molecule has 4 nitrogen and oxygen atoms in total. The fourth-order valence-electron chi connectivity index (χ4n) is 12.9. The summed E-state index contributed by atoms with van der Waals surface area (Å²) in [5, 5.41) is 3.59. The highest BCUT2D eigenvalue weighted by molar-refractivity contribution is 7.00. The van der Waals surface area contributed by atoms with Gasteiger partial charge in [0.1, 0.15) is 11.2 Å². The van der Waals surface area contributed by atoms with Crippen molar-refractivity contribution in [2.75, 3.05) is 9.80 Å². The van der Waals surface area contributed by atoms with Crippen LogP contribution in [0.1, 0.15) is 130 Å². The smallest absolute Gasteiger partial charge is 0.252 e. The number of rotatable bonds is 4. The molecule has 13 rings (SSSR count). The van der Waals surface area contributed by atoms with Crippen LogP contribution in [0.5, 0.6) is 0 Å². The zero-order valence-corrected chi connectivity index (χ0v) is 45.8. The van der Waals surface area contributed by atoms with E-state index in [9.17, 15) is 0 Å². The highest BCUT2D eigenvalue weighted by atomic mass is 16.3. The summed E-state index contributed by atoms with van der Waals surface area (Å²) >= 11 is 0. The fraction of sp³-hybridized carbons (Fsp3) is 0.275. The van der Waals surface area contributed by atoms with Gasteiger partial charge in [0, 0.05) is 55.7 Å². The van der Waals surface area contributed by atoms with Gasteiger partial charge in [-0.3, -0.25) is 0 Å². The van der Waals surface area contributed by atoms with Crippen LogP contribution in [0.15, 0.2) is 162 Å². The lowest BCUT2D eigenvalue weighted by Crippen LogP contribution is -2.60. The number of hydrogen-bond acceptors (Lipinski definition) is 3. The van der Waals surface area contributed by atoms with Crippen molar-refractivity contribution in [1.29, 1.82) is 0 Å². The zero-order chi connectivity index (χ0) is 51.8. The first kappa shape index (κ1) is 46.5. The summed E-state index contributed by atoms with van der Waals surface area (Å²) in [5.41, 5.74) is 25.4. The number of para-hydroxylation sites is 1. The molecular formula is C69H68BN3O. The quantitative estimate of drug-likeness (QED) is 0.164. The van der Waals surface area contributed by atoms with Crippen molar-refractivity contribution in [3.63, 3.8) is 0 Å². The lowest BCUT2D eigenvalue weighted by molar-refractivity contribution is 0.590. The van der Waals surface area contributed by atoms with Gasteiger partial charge in [0.25, 0.3) is 6.71 Å². The minimum absolute atomic E-state index is 0.00524. The van der Waals surface area contributed by atoms with Gasteiger partial charge in [0.2, 0.25) is 0 Å². The molecule has 368 valence electrons. The van der Waals surface area contributed by atoms with Crippen LogP contribution in [0.25, 0.3) is 49.8 Å². The second kappa shape index (κ2) is 15.4. The normalized spacial score (nSPS) is 14.7. The maximum atomic E-state index is 6.74. The maximum absolute atomic E-state index is 6.74. The van der Waals surface area contributed by atoms with Crippen LogP contribution >= 0.6 is 0 Å². The average molecular weight is 966 g/mol. The molecule has 4 heterocycles. The van der Waals surface area contributed by atoms with Crippen molar-refractivity contribution in [2.45, 2.75) is 124 Å². The molecule has 0 bridgehead atoms. The third-order valence-corrected chi connectivity index (χ3v) is 17.0. The van der Waals surface area contributed by atoms with Gasteiger partial charge in [-0.05, 0) is 138 Å². The van der Waals surface area contributed by atoms with Crippen molar-refractivity contribution in [2.24, 2.45) is 0 Å². The summed E-state index contributed by atoms with van der Waals surface area (Å²) in [6, 6.07) is 60.6. The molecule has 0 unspecified atom stereocenters. The Hall–Kier alpha value is -7.24. The van der Waals surface area contributed by atoms with E-state index in [-0.39, 0.29) is 33.8 Å². The van der Waals surface area contributed by atoms with Crippen LogP contribution in [0.2, 0.25) is 0 Å². The Morgan fingerprint density at radius 1 is 0.459 bits per heavy atom. The van der Waals surface area contributed by atoms with Gasteiger partial charge >= 0.3 is 0 Å². The van der Waals surface area contributed by atoms with Crippen LogP contribution in [0.3, 0.4) is 0 Å². The predicted octanol–water partition coefficient (Wildman–Crippen LogP) is 17.1. The molecule has 3 aliphatic rings. The van der Waals surface area contributed by atoms with Gasteiger partial charge in [-0.25, -0.2) is 0 Å². The van der Waals surface area contributed by atoms with Gasteiger partial charge in [0.05, 0.1) is 22.5 Å². The van der Waals surface area contributed by atoms with E-state index in [2.05, 4.69) is 269 Å². The summed E-state index contributed by atoms with van der Waals surface area (Å²) in [6.45, 7) is 32.8. The fourth-order valence-corrected chi connectivity index (χ4v) is 12.9. The summed E-state index contributed by atoms with van der Waals surface area (Å²) in [6.07, 6.45) is 0. The molecular weight excluding hydrogens is 898 g/mol. The number of nitrogens with zero attached hydrogens (tertiary/aromatic N) is 3. The molecule has 8 aromatic carbocycles. The van der Waals surface area contributed by atoms with E-state index in [4.69, 9.17) is 4.42 Å². The van der Waals surface area contributed by atoms with Gasteiger partial charge in [-0.2, -0.15) is 0 Å². The molecule has 10 aromatic rings. The third-order valence-electron chi connectivity index (χ3n) is 17.0. The van der Waals surface area contributed by atoms with Crippen LogP contribution < -0.4 is 26.2 Å². The topological polar surface area (TPSA) is 24.6 Å². The molecule has 0 N–H and O–H groups in total. The number of anilines is 6. The third kappa shape index (κ3) is 6.73. The van der Waals surface area contributed by atoms with Crippen LogP contribution in [0, 0.1) is 0 Å². The van der Waals surface area contributed by atoms with Crippen molar-refractivity contribution in [1.82, 2.24) is 4.57 Å². The Kier molecular flexibility index (Phi) is 9.70. The number of furan rings is 1. The molecule has 1 aliphatic carbocycles. The minimum atomic E-state index is -0.233. The summed E-state index contributed by atoms with van der Waals surface area (Å²) in [7, 11) is 0. The Labute approximate surface area is 438 Å². The molecule has 0 amide bonds. The molecule has 0 radical (unpaired) electrons. The Morgan fingerprint density at radius 2 is 1.04 bits per heavy atom. The van der Waals surface area contributed by atoms with Crippen LogP contribution in [0.4, 0.5) is 34.1 Å². The van der Waals surface area contributed by atoms with Gasteiger partial charge < -0.3 is 18.8 Å². The Bertz CT molecular complexity index is 3910. The highest BCUT2D eigenvalue weighted by Crippen LogP contribution is 2.56. The van der Waals surface area contributed by atoms with Crippen molar-refractivity contribution >= 4 is 90.1 Å². The van der Waals surface area contributed by atoms with Crippen molar-refractivity contribution < 1.29 is 4.42 Å². The van der Waals surface area contributed by atoms with Crippen molar-refractivity contribution in [3.8, 4) is 16.9 Å². The van der Waals surface area contributed by atoms with Gasteiger partial charge in [-0.15, -0.1) is 0 Å². The molecule has 0 atom stereocenters. The maximum Gasteiger partial charge on any atom is 0.252 e. The van der Waals surface area contributed by atoms with Crippen molar-refractivity contribution in [3.05, 3.63) is 191 Å². The van der Waals surface area contributed by atoms with E-state index in [0.29, 0.717) is 0 Å².